The van der Waals surface area contributed by atoms with Crippen LogP contribution >= 0.6 is 0 Å². The number of hydrogen-bond donors (Lipinski definition) is 1. The average molecular weight is 225 g/mol. The van der Waals surface area contributed by atoms with Crippen molar-refractivity contribution in [2.75, 3.05) is 13.2 Å². The number of Topliss-reactive ketones (excluding diaryl/α,β-unsaturated/α-hetero) is 1. The van der Waals surface area contributed by atoms with Crippen LogP contribution in [-0.4, -0.2) is 30.4 Å². The van der Waals surface area contributed by atoms with Crippen molar-refractivity contribution in [1.29, 1.82) is 0 Å². The van der Waals surface area contributed by atoms with Crippen molar-refractivity contribution in [2.45, 2.75) is 44.6 Å². The third-order valence-corrected chi connectivity index (χ3v) is 3.71. The van der Waals surface area contributed by atoms with Crippen LogP contribution in [0.2, 0.25) is 0 Å². The van der Waals surface area contributed by atoms with E-state index in [0.717, 1.165) is 32.2 Å². The molecule has 0 amide bonds. The number of carbonyl (C=O) groups excluding carboxylic acids is 2. The van der Waals surface area contributed by atoms with Gasteiger partial charge in [0.15, 0.2) is 5.78 Å². The lowest BCUT2D eigenvalue weighted by molar-refractivity contribution is -0.155. The zero-order valence-corrected chi connectivity index (χ0v) is 9.75. The van der Waals surface area contributed by atoms with Gasteiger partial charge >= 0.3 is 5.97 Å². The number of ether oxygens (including phenoxy) is 1. The smallest absolute Gasteiger partial charge is 0.316 e. The van der Waals surface area contributed by atoms with Gasteiger partial charge in [-0.05, 0) is 32.7 Å². The van der Waals surface area contributed by atoms with E-state index in [0.29, 0.717) is 13.0 Å². The minimum Gasteiger partial charge on any atom is -0.465 e. The van der Waals surface area contributed by atoms with Crippen LogP contribution in [0.3, 0.4) is 0 Å². The van der Waals surface area contributed by atoms with E-state index in [1.165, 1.54) is 0 Å². The molecule has 0 radical (unpaired) electrons. The van der Waals surface area contributed by atoms with Gasteiger partial charge in [-0.1, -0.05) is 12.8 Å². The molecular formula is C12H19NO3. The van der Waals surface area contributed by atoms with E-state index in [-0.39, 0.29) is 11.8 Å². The molecule has 1 aliphatic carbocycles. The lowest BCUT2D eigenvalue weighted by Gasteiger charge is -2.36. The summed E-state index contributed by atoms with van der Waals surface area (Å²) in [4.78, 5) is 24.0. The summed E-state index contributed by atoms with van der Waals surface area (Å²) in [7, 11) is 0. The minimum atomic E-state index is -0.528. The van der Waals surface area contributed by atoms with E-state index in [2.05, 4.69) is 5.32 Å². The Kier molecular flexibility index (Phi) is 3.28. The second-order valence-electron chi connectivity index (χ2n) is 4.67. The average Bonchev–Trinajstić information content (AvgIpc) is 2.72. The van der Waals surface area contributed by atoms with Crippen molar-refractivity contribution in [2.24, 2.45) is 5.92 Å². The number of ketones is 1. The van der Waals surface area contributed by atoms with Crippen molar-refractivity contribution in [3.8, 4) is 0 Å². The largest absolute Gasteiger partial charge is 0.465 e. The van der Waals surface area contributed by atoms with E-state index in [1.54, 1.807) is 6.92 Å². The van der Waals surface area contributed by atoms with Gasteiger partial charge in [-0.15, -0.1) is 0 Å². The molecule has 0 bridgehead atoms. The lowest BCUT2D eigenvalue weighted by atomic mass is 9.79. The maximum absolute atomic E-state index is 12.3. The Labute approximate surface area is 95.7 Å². The number of carbonyl (C=O) groups is 2. The molecule has 4 heteroatoms. The number of rotatable bonds is 2. The Morgan fingerprint density at radius 1 is 1.50 bits per heavy atom. The van der Waals surface area contributed by atoms with Crippen LogP contribution < -0.4 is 5.32 Å². The summed E-state index contributed by atoms with van der Waals surface area (Å²) in [6, 6.07) is 0. The first-order chi connectivity index (χ1) is 7.69. The number of nitrogens with one attached hydrogen (secondary N) is 1. The second-order valence-corrected chi connectivity index (χ2v) is 4.67. The van der Waals surface area contributed by atoms with Crippen LogP contribution in [-0.2, 0) is 14.3 Å². The first-order valence-corrected chi connectivity index (χ1v) is 6.15. The summed E-state index contributed by atoms with van der Waals surface area (Å²) >= 11 is 0. The van der Waals surface area contributed by atoms with Crippen molar-refractivity contribution >= 4 is 11.8 Å². The molecule has 4 nitrogen and oxygen atoms in total. The van der Waals surface area contributed by atoms with Crippen LogP contribution in [0.15, 0.2) is 0 Å². The fourth-order valence-electron chi connectivity index (χ4n) is 2.88. The first kappa shape index (κ1) is 11.6. The molecule has 1 N–H and O–H groups in total. The molecule has 1 spiro atoms. The second kappa shape index (κ2) is 4.53. The molecule has 1 saturated carbocycles. The highest BCUT2D eigenvalue weighted by Crippen LogP contribution is 2.35. The van der Waals surface area contributed by atoms with Crippen LogP contribution in [0.4, 0.5) is 0 Å². The molecule has 0 aromatic heterocycles. The molecule has 1 saturated heterocycles. The third-order valence-electron chi connectivity index (χ3n) is 3.71. The van der Waals surface area contributed by atoms with E-state index in [9.17, 15) is 9.59 Å². The fraction of sp³-hybridized carbons (Fsp3) is 0.833. The highest BCUT2D eigenvalue weighted by Gasteiger charge is 2.48. The van der Waals surface area contributed by atoms with Gasteiger partial charge in [-0.3, -0.25) is 9.59 Å². The monoisotopic (exact) mass is 225 g/mol. The quantitative estimate of drug-likeness (QED) is 0.563. The number of esters is 1. The minimum absolute atomic E-state index is 0.0645. The molecule has 90 valence electrons. The molecule has 1 heterocycles. The standard InChI is InChI=1S/C12H19NO3/c1-2-16-11(15)9-5-8-13-12(10(9)14)6-3-4-7-12/h9,13H,2-8H2,1H3. The molecule has 1 unspecified atom stereocenters. The molecule has 0 aromatic carbocycles. The van der Waals surface area contributed by atoms with Gasteiger partial charge in [0, 0.05) is 0 Å². The Bertz CT molecular complexity index is 295. The molecule has 2 rings (SSSR count). The summed E-state index contributed by atoms with van der Waals surface area (Å²) in [5.74, 6) is -0.797. The van der Waals surface area contributed by atoms with E-state index in [1.807, 2.05) is 0 Å². The maximum atomic E-state index is 12.3. The predicted molar refractivity (Wildman–Crippen MR) is 58.9 cm³/mol. The van der Waals surface area contributed by atoms with Crippen LogP contribution in [0, 0.1) is 5.92 Å². The predicted octanol–water partition coefficient (Wildman–Crippen LogP) is 1.04. The van der Waals surface area contributed by atoms with Crippen LogP contribution in [0.25, 0.3) is 0 Å². The van der Waals surface area contributed by atoms with Gasteiger partial charge in [0.05, 0.1) is 12.1 Å². The van der Waals surface area contributed by atoms with E-state index in [4.69, 9.17) is 4.74 Å². The van der Waals surface area contributed by atoms with E-state index < -0.39 is 11.5 Å². The SMILES string of the molecule is CCOC(=O)C1CCNC2(CCCC2)C1=O. The van der Waals surface area contributed by atoms with Gasteiger partial charge in [0.25, 0.3) is 0 Å². The van der Waals surface area contributed by atoms with Crippen molar-refractivity contribution in [3.05, 3.63) is 0 Å². The van der Waals surface area contributed by atoms with Gasteiger partial charge in [-0.25, -0.2) is 0 Å². The Morgan fingerprint density at radius 3 is 2.81 bits per heavy atom. The van der Waals surface area contributed by atoms with Crippen molar-refractivity contribution < 1.29 is 14.3 Å². The molecule has 16 heavy (non-hydrogen) atoms. The van der Waals surface area contributed by atoms with Crippen LogP contribution in [0.5, 0.6) is 0 Å². The summed E-state index contributed by atoms with van der Waals surface area (Å²) in [5, 5.41) is 3.31. The van der Waals surface area contributed by atoms with Crippen molar-refractivity contribution in [1.82, 2.24) is 5.32 Å². The zero-order valence-electron chi connectivity index (χ0n) is 9.75. The summed E-state index contributed by atoms with van der Waals surface area (Å²) < 4.78 is 4.97. The third kappa shape index (κ3) is 1.86. The molecule has 0 aromatic rings. The molecule has 2 aliphatic rings. The lowest BCUT2D eigenvalue weighted by Crippen LogP contribution is -2.58. The molecular weight excluding hydrogens is 206 g/mol. The summed E-state index contributed by atoms with van der Waals surface area (Å²) in [6.07, 6.45) is 4.49. The van der Waals surface area contributed by atoms with Crippen molar-refractivity contribution in [3.63, 3.8) is 0 Å². The number of hydrogen-bond acceptors (Lipinski definition) is 4. The Hall–Kier alpha value is -0.900. The van der Waals surface area contributed by atoms with Gasteiger partial charge < -0.3 is 10.1 Å². The fourth-order valence-corrected chi connectivity index (χ4v) is 2.88. The zero-order chi connectivity index (χ0) is 11.6. The highest BCUT2D eigenvalue weighted by atomic mass is 16.5. The maximum Gasteiger partial charge on any atom is 0.316 e. The summed E-state index contributed by atoms with van der Waals surface area (Å²) in [6.45, 7) is 2.87. The molecule has 1 aliphatic heterocycles. The first-order valence-electron chi connectivity index (χ1n) is 6.15. The highest BCUT2D eigenvalue weighted by molar-refractivity contribution is 6.04. The number of piperidine rings is 1. The van der Waals surface area contributed by atoms with Gasteiger partial charge in [0.2, 0.25) is 0 Å². The molecule has 1 atom stereocenters. The topological polar surface area (TPSA) is 55.4 Å². The van der Waals surface area contributed by atoms with Crippen LogP contribution in [0.1, 0.15) is 39.0 Å². The Balaban J connectivity index is 2.10. The van der Waals surface area contributed by atoms with Gasteiger partial charge in [-0.2, -0.15) is 0 Å². The van der Waals surface area contributed by atoms with E-state index >= 15 is 0 Å². The molecule has 2 fully saturated rings. The normalized spacial score (nSPS) is 28.3. The Morgan fingerprint density at radius 2 is 2.19 bits per heavy atom. The summed E-state index contributed by atoms with van der Waals surface area (Å²) in [5.41, 5.74) is -0.407. The van der Waals surface area contributed by atoms with Gasteiger partial charge in [0.1, 0.15) is 5.92 Å².